The van der Waals surface area contributed by atoms with Gasteiger partial charge in [-0.15, -0.1) is 0 Å². The summed E-state index contributed by atoms with van der Waals surface area (Å²) in [5.74, 6) is 1.16. The summed E-state index contributed by atoms with van der Waals surface area (Å²) in [6.07, 6.45) is 0. The molecule has 0 saturated carbocycles. The minimum Gasteiger partial charge on any atom is -0.508 e. The van der Waals surface area contributed by atoms with Crippen LogP contribution < -0.4 is 0 Å². The van der Waals surface area contributed by atoms with Crippen molar-refractivity contribution < 1.29 is 15.3 Å². The number of phenols is 3. The lowest BCUT2D eigenvalue weighted by Crippen LogP contribution is -2.12. The number of aryl methyl sites for hydroxylation is 3. The van der Waals surface area contributed by atoms with Crippen LogP contribution in [-0.4, -0.2) is 15.3 Å². The van der Waals surface area contributed by atoms with Crippen molar-refractivity contribution in [2.24, 2.45) is 0 Å². The van der Waals surface area contributed by atoms with E-state index >= 15 is 0 Å². The largest absolute Gasteiger partial charge is 0.508 e. The lowest BCUT2D eigenvalue weighted by Gasteiger charge is -2.24. The van der Waals surface area contributed by atoms with Crippen molar-refractivity contribution in [1.29, 1.82) is 0 Å². The molecule has 0 unspecified atom stereocenters. The summed E-state index contributed by atoms with van der Waals surface area (Å²) in [6.45, 7) is 24.9. The van der Waals surface area contributed by atoms with Gasteiger partial charge in [-0.05, 0) is 84.0 Å². The Balaban J connectivity index is 0.000000335. The average Bonchev–Trinajstić information content (AvgIpc) is 2.73. The molecule has 0 radical (unpaired) electrons. The number of aromatic hydroxyl groups is 3. The Morgan fingerprint density at radius 1 is 0.514 bits per heavy atom. The van der Waals surface area contributed by atoms with Gasteiger partial charge in [0.2, 0.25) is 0 Å². The maximum Gasteiger partial charge on any atom is 0.122 e. The Morgan fingerprint density at radius 3 is 1.22 bits per heavy atom. The fourth-order valence-corrected chi connectivity index (χ4v) is 5.24. The van der Waals surface area contributed by atoms with Crippen LogP contribution in [0.1, 0.15) is 95.7 Å². The summed E-state index contributed by atoms with van der Waals surface area (Å²) in [5.41, 5.74) is 5.70. The Kier molecular flexibility index (Phi) is 9.13. The van der Waals surface area contributed by atoms with Gasteiger partial charge >= 0.3 is 0 Å². The second-order valence-electron chi connectivity index (χ2n) is 13.1. The van der Waals surface area contributed by atoms with E-state index in [4.69, 9.17) is 0 Å². The van der Waals surface area contributed by atoms with Gasteiger partial charge in [0.25, 0.3) is 0 Å². The van der Waals surface area contributed by atoms with Crippen LogP contribution >= 0.6 is 11.8 Å². The third-order valence-corrected chi connectivity index (χ3v) is 7.30. The molecule has 0 amide bonds. The number of hydrogen-bond acceptors (Lipinski definition) is 4. The van der Waals surface area contributed by atoms with E-state index in [-0.39, 0.29) is 16.2 Å². The molecule has 3 aromatic carbocycles. The highest BCUT2D eigenvalue weighted by atomic mass is 32.2. The predicted molar refractivity (Wildman–Crippen MR) is 159 cm³/mol. The lowest BCUT2D eigenvalue weighted by atomic mass is 9.85. The summed E-state index contributed by atoms with van der Waals surface area (Å²) >= 11 is 1.67. The molecule has 0 aliphatic rings. The van der Waals surface area contributed by atoms with Crippen molar-refractivity contribution in [3.63, 3.8) is 0 Å². The van der Waals surface area contributed by atoms with E-state index in [1.807, 2.05) is 45.0 Å². The maximum atomic E-state index is 10.4. The van der Waals surface area contributed by atoms with Gasteiger partial charge in [0.05, 0.1) is 0 Å². The lowest BCUT2D eigenvalue weighted by molar-refractivity contribution is 0.441. The van der Waals surface area contributed by atoms with Crippen LogP contribution in [0.3, 0.4) is 0 Å². The molecule has 4 heteroatoms. The van der Waals surface area contributed by atoms with E-state index in [9.17, 15) is 15.3 Å². The molecule has 37 heavy (non-hydrogen) atoms. The standard InChI is InChI=1S/C22H30O2S.C11H16O/c1-13-9-15(11-17(19(13)23)21(3,4)5)25-16-10-14(2)20(24)18(12-16)22(6,7)8;1-8-5-6-10(12)9(7-8)11(2,3)4/h9-12,23-24H,1-8H3;5-7,12H,1-4H3. The molecule has 0 spiro atoms. The molecule has 0 atom stereocenters. The second-order valence-corrected chi connectivity index (χ2v) is 14.3. The molecule has 3 aromatic rings. The Hall–Kier alpha value is -2.59. The van der Waals surface area contributed by atoms with Crippen LogP contribution in [0, 0.1) is 20.8 Å². The first kappa shape index (κ1) is 30.6. The van der Waals surface area contributed by atoms with Gasteiger partial charge in [-0.1, -0.05) is 91.8 Å². The number of phenolic OH excluding ortho intramolecular Hbond substituents is 3. The highest BCUT2D eigenvalue weighted by Crippen LogP contribution is 2.42. The molecule has 3 nitrogen and oxygen atoms in total. The smallest absolute Gasteiger partial charge is 0.122 e. The summed E-state index contributed by atoms with van der Waals surface area (Å²) in [4.78, 5) is 2.20. The van der Waals surface area contributed by atoms with E-state index in [0.29, 0.717) is 17.2 Å². The fourth-order valence-electron chi connectivity index (χ4n) is 4.14. The SMILES string of the molecule is Cc1cc(Sc2cc(C)c(O)c(C(C)(C)C)c2)cc(C(C)(C)C)c1O.Cc1ccc(O)c(C(C)(C)C)c1. The zero-order valence-corrected chi connectivity index (χ0v) is 25.6. The average molecular weight is 523 g/mol. The Bertz CT molecular complexity index is 1190. The first-order chi connectivity index (χ1) is 16.7. The van der Waals surface area contributed by atoms with Gasteiger partial charge in [-0.2, -0.15) is 0 Å². The van der Waals surface area contributed by atoms with Crippen LogP contribution in [0.5, 0.6) is 17.2 Å². The van der Waals surface area contributed by atoms with Gasteiger partial charge in [-0.3, -0.25) is 0 Å². The summed E-state index contributed by atoms with van der Waals surface area (Å²) in [7, 11) is 0. The van der Waals surface area contributed by atoms with Crippen molar-refractivity contribution in [2.75, 3.05) is 0 Å². The van der Waals surface area contributed by atoms with E-state index in [0.717, 1.165) is 37.6 Å². The maximum absolute atomic E-state index is 10.4. The number of rotatable bonds is 2. The van der Waals surface area contributed by atoms with Gasteiger partial charge < -0.3 is 15.3 Å². The second kappa shape index (κ2) is 11.0. The van der Waals surface area contributed by atoms with Gasteiger partial charge in [0.1, 0.15) is 17.2 Å². The minimum absolute atomic E-state index is 0.0239. The highest BCUT2D eigenvalue weighted by molar-refractivity contribution is 7.99. The molecule has 3 rings (SSSR count). The minimum atomic E-state index is -0.118. The predicted octanol–water partition coefficient (Wildman–Crippen LogP) is 9.46. The Labute approximate surface area is 229 Å². The molecule has 0 heterocycles. The molecular weight excluding hydrogens is 476 g/mol. The summed E-state index contributed by atoms with van der Waals surface area (Å²) in [6, 6.07) is 13.9. The zero-order chi connectivity index (χ0) is 28.5. The molecule has 0 saturated heterocycles. The van der Waals surface area contributed by atoms with Gasteiger partial charge in [0, 0.05) is 20.9 Å². The van der Waals surface area contributed by atoms with Crippen LogP contribution in [0.4, 0.5) is 0 Å². The first-order valence-corrected chi connectivity index (χ1v) is 13.7. The topological polar surface area (TPSA) is 60.7 Å². The van der Waals surface area contributed by atoms with E-state index in [2.05, 4.69) is 74.4 Å². The van der Waals surface area contributed by atoms with E-state index in [1.54, 1.807) is 17.8 Å². The van der Waals surface area contributed by atoms with Crippen LogP contribution in [0.25, 0.3) is 0 Å². The van der Waals surface area contributed by atoms with E-state index < -0.39 is 0 Å². The van der Waals surface area contributed by atoms with E-state index in [1.165, 1.54) is 5.56 Å². The van der Waals surface area contributed by atoms with Crippen molar-refractivity contribution >= 4 is 11.8 Å². The molecule has 3 N–H and O–H groups in total. The molecular formula is C33H46O3S. The molecule has 0 aliphatic carbocycles. The normalized spacial score (nSPS) is 12.2. The quantitative estimate of drug-likeness (QED) is 0.314. The monoisotopic (exact) mass is 522 g/mol. The van der Waals surface area contributed by atoms with Crippen molar-refractivity contribution in [3.8, 4) is 17.2 Å². The number of hydrogen-bond donors (Lipinski definition) is 3. The van der Waals surface area contributed by atoms with Gasteiger partial charge in [-0.25, -0.2) is 0 Å². The third kappa shape index (κ3) is 7.95. The molecule has 0 aromatic heterocycles. The molecule has 202 valence electrons. The van der Waals surface area contributed by atoms with Crippen LogP contribution in [0.2, 0.25) is 0 Å². The summed E-state index contributed by atoms with van der Waals surface area (Å²) < 4.78 is 0. The van der Waals surface area contributed by atoms with Crippen molar-refractivity contribution in [1.82, 2.24) is 0 Å². The van der Waals surface area contributed by atoms with Crippen molar-refractivity contribution in [3.05, 3.63) is 75.8 Å². The zero-order valence-electron chi connectivity index (χ0n) is 24.8. The Morgan fingerprint density at radius 2 is 0.892 bits per heavy atom. The molecule has 0 aliphatic heterocycles. The van der Waals surface area contributed by atoms with Crippen LogP contribution in [-0.2, 0) is 16.2 Å². The highest BCUT2D eigenvalue weighted by Gasteiger charge is 2.23. The third-order valence-electron chi connectivity index (χ3n) is 6.36. The molecule has 0 bridgehead atoms. The first-order valence-electron chi connectivity index (χ1n) is 12.9. The fraction of sp³-hybridized carbons (Fsp3) is 0.455. The number of benzene rings is 3. The van der Waals surface area contributed by atoms with Crippen LogP contribution in [0.15, 0.2) is 52.3 Å². The summed E-state index contributed by atoms with van der Waals surface area (Å²) in [5, 5.41) is 30.4. The molecule has 0 fully saturated rings. The van der Waals surface area contributed by atoms with Crippen molar-refractivity contribution in [2.45, 2.75) is 109 Å². The van der Waals surface area contributed by atoms with Gasteiger partial charge in [0.15, 0.2) is 0 Å².